The van der Waals surface area contributed by atoms with Gasteiger partial charge in [0.25, 0.3) is 11.6 Å². The molecule has 7 heteroatoms. The number of amides is 1. The first-order chi connectivity index (χ1) is 10.4. The highest BCUT2D eigenvalue weighted by molar-refractivity contribution is 5.95. The molecule has 120 valence electrons. The number of anilines is 1. The van der Waals surface area contributed by atoms with Crippen LogP contribution in [0.1, 0.15) is 42.5 Å². The third-order valence-corrected chi connectivity index (χ3v) is 4.16. The van der Waals surface area contributed by atoms with Gasteiger partial charge >= 0.3 is 0 Å². The van der Waals surface area contributed by atoms with Gasteiger partial charge in [0.2, 0.25) is 0 Å². The average molecular weight is 306 g/mol. The Bertz CT molecular complexity index is 568. The molecule has 1 saturated carbocycles. The molecule has 1 amide bonds. The summed E-state index contributed by atoms with van der Waals surface area (Å²) in [5, 5.41) is 16.8. The molecule has 0 spiro atoms. The third-order valence-electron chi connectivity index (χ3n) is 4.16. The van der Waals surface area contributed by atoms with E-state index in [0.717, 1.165) is 25.7 Å². The van der Waals surface area contributed by atoms with E-state index < -0.39 is 4.92 Å². The molecular formula is C15H22N4O3. The number of rotatable bonds is 5. The highest BCUT2D eigenvalue weighted by atomic mass is 16.6. The first-order valence-corrected chi connectivity index (χ1v) is 7.48. The van der Waals surface area contributed by atoms with Crippen molar-refractivity contribution in [3.05, 3.63) is 33.9 Å². The van der Waals surface area contributed by atoms with E-state index in [4.69, 9.17) is 5.73 Å². The van der Waals surface area contributed by atoms with E-state index in [0.29, 0.717) is 12.2 Å². The molecule has 1 aliphatic carbocycles. The van der Waals surface area contributed by atoms with Crippen molar-refractivity contribution in [3.8, 4) is 0 Å². The number of carbonyl (C=O) groups is 1. The molecule has 0 heterocycles. The smallest absolute Gasteiger partial charge is 0.293 e. The number of nitrogens with zero attached hydrogens (tertiary/aromatic N) is 1. The molecule has 0 unspecified atom stereocenters. The SMILES string of the molecule is CNC(=O)c1ccc(NCC2(N)CCCCC2)c([N+](=O)[O-])c1. The lowest BCUT2D eigenvalue weighted by molar-refractivity contribution is -0.384. The summed E-state index contributed by atoms with van der Waals surface area (Å²) >= 11 is 0. The maximum atomic E-state index is 11.6. The van der Waals surface area contributed by atoms with Gasteiger partial charge in [0.1, 0.15) is 5.69 Å². The highest BCUT2D eigenvalue weighted by Crippen LogP contribution is 2.29. The second-order valence-electron chi connectivity index (χ2n) is 5.84. The van der Waals surface area contributed by atoms with E-state index in [1.54, 1.807) is 12.1 Å². The van der Waals surface area contributed by atoms with Crippen LogP contribution in [0.3, 0.4) is 0 Å². The van der Waals surface area contributed by atoms with Gasteiger partial charge in [-0.05, 0) is 25.0 Å². The van der Waals surface area contributed by atoms with Crippen LogP contribution in [0.15, 0.2) is 18.2 Å². The summed E-state index contributed by atoms with van der Waals surface area (Å²) in [6.45, 7) is 0.493. The average Bonchev–Trinajstić information content (AvgIpc) is 2.52. The van der Waals surface area contributed by atoms with Crippen LogP contribution >= 0.6 is 0 Å². The fraction of sp³-hybridized carbons (Fsp3) is 0.533. The number of hydrogen-bond acceptors (Lipinski definition) is 5. The minimum absolute atomic E-state index is 0.111. The summed E-state index contributed by atoms with van der Waals surface area (Å²) in [5.74, 6) is -0.350. The largest absolute Gasteiger partial charge is 0.378 e. The van der Waals surface area contributed by atoms with Crippen LogP contribution < -0.4 is 16.4 Å². The van der Waals surface area contributed by atoms with Crippen LogP contribution in [0.5, 0.6) is 0 Å². The first-order valence-electron chi connectivity index (χ1n) is 7.48. The summed E-state index contributed by atoms with van der Waals surface area (Å²) in [5.41, 5.74) is 6.57. The zero-order valence-electron chi connectivity index (χ0n) is 12.7. The molecule has 0 radical (unpaired) electrons. The number of nitrogens with two attached hydrogens (primary N) is 1. The molecule has 0 saturated heterocycles. The molecule has 1 aromatic rings. The van der Waals surface area contributed by atoms with E-state index in [1.165, 1.54) is 19.5 Å². The fourth-order valence-electron chi connectivity index (χ4n) is 2.82. The van der Waals surface area contributed by atoms with Gasteiger partial charge in [-0.2, -0.15) is 0 Å². The molecule has 22 heavy (non-hydrogen) atoms. The van der Waals surface area contributed by atoms with Gasteiger partial charge in [0, 0.05) is 30.8 Å². The molecule has 0 bridgehead atoms. The minimum Gasteiger partial charge on any atom is -0.378 e. The molecule has 4 N–H and O–H groups in total. The van der Waals surface area contributed by atoms with Gasteiger partial charge in [-0.15, -0.1) is 0 Å². The summed E-state index contributed by atoms with van der Waals surface area (Å²) < 4.78 is 0. The Balaban J connectivity index is 2.16. The third kappa shape index (κ3) is 3.73. The normalized spacial score (nSPS) is 16.8. The summed E-state index contributed by atoms with van der Waals surface area (Å²) in [7, 11) is 1.49. The van der Waals surface area contributed by atoms with Gasteiger partial charge in [-0.25, -0.2) is 0 Å². The molecule has 2 rings (SSSR count). The lowest BCUT2D eigenvalue weighted by Crippen LogP contribution is -2.47. The van der Waals surface area contributed by atoms with E-state index in [2.05, 4.69) is 10.6 Å². The number of benzene rings is 1. The van der Waals surface area contributed by atoms with Crippen molar-refractivity contribution in [2.75, 3.05) is 18.9 Å². The molecular weight excluding hydrogens is 284 g/mol. The maximum absolute atomic E-state index is 11.6. The molecule has 0 aliphatic heterocycles. The molecule has 7 nitrogen and oxygen atoms in total. The Morgan fingerprint density at radius 1 is 1.36 bits per heavy atom. The number of nitro benzene ring substituents is 1. The van der Waals surface area contributed by atoms with Crippen LogP contribution in [0, 0.1) is 10.1 Å². The lowest BCUT2D eigenvalue weighted by Gasteiger charge is -2.33. The van der Waals surface area contributed by atoms with Gasteiger partial charge < -0.3 is 16.4 Å². The second kappa shape index (κ2) is 6.74. The van der Waals surface area contributed by atoms with Crippen molar-refractivity contribution in [3.63, 3.8) is 0 Å². The van der Waals surface area contributed by atoms with Crippen molar-refractivity contribution < 1.29 is 9.72 Å². The van der Waals surface area contributed by atoms with E-state index in [9.17, 15) is 14.9 Å². The Kier molecular flexibility index (Phi) is 4.97. The summed E-state index contributed by atoms with van der Waals surface area (Å²) in [4.78, 5) is 22.3. The predicted molar refractivity (Wildman–Crippen MR) is 85.0 cm³/mol. The lowest BCUT2D eigenvalue weighted by atomic mass is 9.82. The van der Waals surface area contributed by atoms with E-state index in [-0.39, 0.29) is 22.7 Å². The zero-order valence-corrected chi connectivity index (χ0v) is 12.7. The van der Waals surface area contributed by atoms with Gasteiger partial charge in [-0.1, -0.05) is 19.3 Å². The standard InChI is InChI=1S/C15H22N4O3/c1-17-14(20)11-5-6-12(13(9-11)19(21)22)18-10-15(16)7-3-2-4-8-15/h5-6,9,18H,2-4,7-8,10,16H2,1H3,(H,17,20). The van der Waals surface area contributed by atoms with Crippen molar-refractivity contribution in [2.45, 2.75) is 37.6 Å². The molecule has 1 fully saturated rings. The predicted octanol–water partition coefficient (Wildman–Crippen LogP) is 2.03. The van der Waals surface area contributed by atoms with Crippen molar-refractivity contribution in [2.24, 2.45) is 5.73 Å². The monoisotopic (exact) mass is 306 g/mol. The van der Waals surface area contributed by atoms with E-state index >= 15 is 0 Å². The van der Waals surface area contributed by atoms with Crippen LogP contribution in [0.25, 0.3) is 0 Å². The Hall–Kier alpha value is -2.15. The van der Waals surface area contributed by atoms with Crippen molar-refractivity contribution >= 4 is 17.3 Å². The van der Waals surface area contributed by atoms with Crippen LogP contribution in [-0.4, -0.2) is 30.0 Å². The molecule has 1 aromatic carbocycles. The minimum atomic E-state index is -0.487. The second-order valence-corrected chi connectivity index (χ2v) is 5.84. The fourth-order valence-corrected chi connectivity index (χ4v) is 2.82. The van der Waals surface area contributed by atoms with Gasteiger partial charge in [-0.3, -0.25) is 14.9 Å². The maximum Gasteiger partial charge on any atom is 0.293 e. The Labute approximate surface area is 129 Å². The molecule has 0 aromatic heterocycles. The topological polar surface area (TPSA) is 110 Å². The van der Waals surface area contributed by atoms with Crippen molar-refractivity contribution in [1.29, 1.82) is 0 Å². The van der Waals surface area contributed by atoms with Gasteiger partial charge in [0.05, 0.1) is 4.92 Å². The van der Waals surface area contributed by atoms with Crippen LogP contribution in [0.2, 0.25) is 0 Å². The Morgan fingerprint density at radius 2 is 2.05 bits per heavy atom. The summed E-state index contributed by atoms with van der Waals surface area (Å²) in [6, 6.07) is 4.42. The van der Waals surface area contributed by atoms with Gasteiger partial charge in [0.15, 0.2) is 0 Å². The Morgan fingerprint density at radius 3 is 2.64 bits per heavy atom. The van der Waals surface area contributed by atoms with E-state index in [1.807, 2.05) is 0 Å². The van der Waals surface area contributed by atoms with Crippen LogP contribution in [0.4, 0.5) is 11.4 Å². The molecule has 1 aliphatic rings. The highest BCUT2D eigenvalue weighted by Gasteiger charge is 2.28. The summed E-state index contributed by atoms with van der Waals surface area (Å²) in [6.07, 6.45) is 5.22. The number of carbonyl (C=O) groups excluding carboxylic acids is 1. The zero-order chi connectivity index (χ0) is 16.2. The number of nitro groups is 1. The number of nitrogens with one attached hydrogen (secondary N) is 2. The first kappa shape index (κ1) is 16.2. The quantitative estimate of drug-likeness (QED) is 0.569. The molecule has 0 atom stereocenters. The van der Waals surface area contributed by atoms with Crippen LogP contribution in [-0.2, 0) is 0 Å². The number of hydrogen-bond donors (Lipinski definition) is 3. The van der Waals surface area contributed by atoms with Crippen molar-refractivity contribution in [1.82, 2.24) is 5.32 Å².